The largest absolute Gasteiger partial charge is 0.511 e. The Morgan fingerprint density at radius 2 is 1.73 bits per heavy atom. The van der Waals surface area contributed by atoms with E-state index in [4.69, 9.17) is 0 Å². The van der Waals surface area contributed by atoms with Crippen molar-refractivity contribution in [2.24, 2.45) is 0 Å². The van der Waals surface area contributed by atoms with Crippen molar-refractivity contribution in [3.05, 3.63) is 40.1 Å². The van der Waals surface area contributed by atoms with E-state index in [-0.39, 0.29) is 24.3 Å². The molecule has 0 saturated carbocycles. The Hall–Kier alpha value is -1.91. The Kier molecular flexibility index (Phi) is 4.54. The average Bonchev–Trinajstić information content (AvgIpc) is 2.43. The first-order valence-corrected chi connectivity index (χ1v) is 7.37. The summed E-state index contributed by atoms with van der Waals surface area (Å²) in [7, 11) is 0. The van der Waals surface area contributed by atoms with Crippen LogP contribution >= 0.6 is 0 Å². The number of hydrogen-bond acceptors (Lipinski definition) is 2. The molecule has 0 fully saturated rings. The average molecular weight is 309 g/mol. The summed E-state index contributed by atoms with van der Waals surface area (Å²) in [5, 5.41) is 12.8. The monoisotopic (exact) mass is 309 g/mol. The number of alkyl halides is 2. The third kappa shape index (κ3) is 3.46. The van der Waals surface area contributed by atoms with Crippen LogP contribution in [0.15, 0.2) is 17.9 Å². The van der Waals surface area contributed by atoms with Crippen molar-refractivity contribution >= 4 is 11.5 Å². The van der Waals surface area contributed by atoms with Crippen LogP contribution < -0.4 is 5.32 Å². The van der Waals surface area contributed by atoms with Gasteiger partial charge in [0.1, 0.15) is 5.76 Å². The van der Waals surface area contributed by atoms with E-state index < -0.39 is 24.7 Å². The Balaban J connectivity index is 2.54. The predicted molar refractivity (Wildman–Crippen MR) is 82.0 cm³/mol. The van der Waals surface area contributed by atoms with Crippen LogP contribution in [0.3, 0.4) is 0 Å². The fourth-order valence-corrected chi connectivity index (χ4v) is 2.96. The summed E-state index contributed by atoms with van der Waals surface area (Å²) >= 11 is 0. The normalized spacial score (nSPS) is 22.5. The molecule has 0 aromatic heterocycles. The van der Waals surface area contributed by atoms with Crippen LogP contribution in [0, 0.1) is 20.8 Å². The summed E-state index contributed by atoms with van der Waals surface area (Å²) in [6.07, 6.45) is -1.07. The number of hydrogen-bond donors (Lipinski definition) is 2. The van der Waals surface area contributed by atoms with Gasteiger partial charge in [0, 0.05) is 25.8 Å². The number of benzene rings is 1. The highest BCUT2D eigenvalue weighted by Crippen LogP contribution is 2.32. The topological polar surface area (TPSA) is 49.3 Å². The molecule has 3 nitrogen and oxygen atoms in total. The number of aryl methyl sites for hydroxylation is 3. The van der Waals surface area contributed by atoms with E-state index in [9.17, 15) is 18.7 Å². The molecule has 0 spiro atoms. The summed E-state index contributed by atoms with van der Waals surface area (Å²) in [6.45, 7) is 5.54. The lowest BCUT2D eigenvalue weighted by Gasteiger charge is -2.16. The molecule has 0 aliphatic carbocycles. The number of rotatable bonds is 1. The van der Waals surface area contributed by atoms with Gasteiger partial charge < -0.3 is 10.4 Å². The lowest BCUT2D eigenvalue weighted by molar-refractivity contribution is -0.115. The third-order valence-electron chi connectivity index (χ3n) is 3.95. The van der Waals surface area contributed by atoms with Gasteiger partial charge in [0.15, 0.2) is 0 Å². The van der Waals surface area contributed by atoms with Gasteiger partial charge in [-0.2, -0.15) is 0 Å². The summed E-state index contributed by atoms with van der Waals surface area (Å²) < 4.78 is 27.2. The second-order valence-electron chi connectivity index (χ2n) is 5.96. The molecule has 0 saturated heterocycles. The van der Waals surface area contributed by atoms with Crippen LogP contribution in [0.1, 0.15) is 41.5 Å². The highest BCUT2D eigenvalue weighted by atomic mass is 19.3. The zero-order valence-corrected chi connectivity index (χ0v) is 13.1. The van der Waals surface area contributed by atoms with Gasteiger partial charge >= 0.3 is 0 Å². The fourth-order valence-electron chi connectivity index (χ4n) is 2.96. The smallest absolute Gasteiger partial charge is 0.255 e. The number of allylic oxidation sites excluding steroid dienone is 1. The van der Waals surface area contributed by atoms with Gasteiger partial charge in [-0.15, -0.1) is 0 Å². The zero-order chi connectivity index (χ0) is 16.5. The first-order chi connectivity index (χ1) is 10.2. The van der Waals surface area contributed by atoms with Crippen molar-refractivity contribution in [2.45, 2.75) is 46.0 Å². The van der Waals surface area contributed by atoms with Gasteiger partial charge in [-0.3, -0.25) is 4.79 Å². The van der Waals surface area contributed by atoms with E-state index in [1.54, 1.807) is 0 Å². The SMILES string of the molecule is Cc1cc(C)c(/C2=C(\O)CCC(F)(F)CCNC2=O)c(C)c1. The van der Waals surface area contributed by atoms with Gasteiger partial charge in [0.25, 0.3) is 5.91 Å². The van der Waals surface area contributed by atoms with E-state index >= 15 is 0 Å². The number of aliphatic hydroxyl groups excluding tert-OH is 1. The minimum Gasteiger partial charge on any atom is -0.511 e. The highest BCUT2D eigenvalue weighted by molar-refractivity contribution is 6.20. The number of nitrogens with one attached hydrogen (secondary N) is 1. The molecular weight excluding hydrogens is 288 g/mol. The van der Waals surface area contributed by atoms with Gasteiger partial charge in [0.05, 0.1) is 5.57 Å². The second-order valence-corrected chi connectivity index (χ2v) is 5.96. The summed E-state index contributed by atoms with van der Waals surface area (Å²) in [6, 6.07) is 3.83. The summed E-state index contributed by atoms with van der Waals surface area (Å²) in [5.74, 6) is -3.65. The minimum absolute atomic E-state index is 0.105. The number of carbonyl (C=O) groups is 1. The molecule has 0 radical (unpaired) electrons. The van der Waals surface area contributed by atoms with Crippen LogP contribution in [0.2, 0.25) is 0 Å². The van der Waals surface area contributed by atoms with Crippen LogP contribution in [-0.2, 0) is 4.79 Å². The molecule has 1 aliphatic rings. The van der Waals surface area contributed by atoms with Crippen LogP contribution in [0.25, 0.3) is 5.57 Å². The van der Waals surface area contributed by atoms with Crippen LogP contribution in [0.4, 0.5) is 8.78 Å². The van der Waals surface area contributed by atoms with Crippen molar-refractivity contribution in [3.63, 3.8) is 0 Å². The van der Waals surface area contributed by atoms with Crippen LogP contribution in [-0.4, -0.2) is 23.5 Å². The predicted octanol–water partition coefficient (Wildman–Crippen LogP) is 3.82. The number of aliphatic hydroxyl groups is 1. The molecule has 5 heteroatoms. The number of carbonyl (C=O) groups excluding carboxylic acids is 1. The van der Waals surface area contributed by atoms with Crippen molar-refractivity contribution in [3.8, 4) is 0 Å². The van der Waals surface area contributed by atoms with Crippen molar-refractivity contribution in [1.82, 2.24) is 5.32 Å². The lowest BCUT2D eigenvalue weighted by Crippen LogP contribution is -2.29. The molecule has 1 aromatic carbocycles. The minimum atomic E-state index is -2.88. The molecule has 22 heavy (non-hydrogen) atoms. The molecule has 2 rings (SSSR count). The van der Waals surface area contributed by atoms with Crippen LogP contribution in [0.5, 0.6) is 0 Å². The van der Waals surface area contributed by atoms with Gasteiger partial charge in [-0.05, 0) is 37.5 Å². The van der Waals surface area contributed by atoms with E-state index in [0.29, 0.717) is 5.56 Å². The van der Waals surface area contributed by atoms with Gasteiger partial charge in [-0.25, -0.2) is 8.78 Å². The standard InChI is InChI=1S/C17H21F2NO2/c1-10-8-11(2)14(12(3)9-10)15-13(21)4-5-17(18,19)6-7-20-16(15)22/h8-9,21H,4-7H2,1-3H3,(H,20,22)/b15-13+. The molecule has 1 amide bonds. The number of halogens is 2. The van der Waals surface area contributed by atoms with E-state index in [0.717, 1.165) is 16.7 Å². The van der Waals surface area contributed by atoms with Crippen molar-refractivity contribution in [1.29, 1.82) is 0 Å². The van der Waals surface area contributed by atoms with Crippen molar-refractivity contribution in [2.75, 3.05) is 6.54 Å². The first-order valence-electron chi connectivity index (χ1n) is 7.37. The molecule has 0 unspecified atom stereocenters. The maximum Gasteiger partial charge on any atom is 0.255 e. The lowest BCUT2D eigenvalue weighted by atomic mass is 9.91. The summed E-state index contributed by atoms with van der Waals surface area (Å²) in [4.78, 5) is 12.4. The van der Waals surface area contributed by atoms with E-state index in [1.165, 1.54) is 0 Å². The first kappa shape index (κ1) is 16.5. The molecular formula is C17H21F2NO2. The fraction of sp³-hybridized carbons (Fsp3) is 0.471. The molecule has 0 bridgehead atoms. The third-order valence-corrected chi connectivity index (χ3v) is 3.95. The molecule has 1 aliphatic heterocycles. The molecule has 1 aromatic rings. The molecule has 0 atom stereocenters. The molecule has 1 heterocycles. The molecule has 2 N–H and O–H groups in total. The zero-order valence-electron chi connectivity index (χ0n) is 13.1. The Bertz CT molecular complexity index is 613. The Morgan fingerprint density at radius 1 is 1.14 bits per heavy atom. The Morgan fingerprint density at radius 3 is 2.32 bits per heavy atom. The number of amides is 1. The molecule has 120 valence electrons. The van der Waals surface area contributed by atoms with Crippen molar-refractivity contribution < 1.29 is 18.7 Å². The summed E-state index contributed by atoms with van der Waals surface area (Å²) in [5.41, 5.74) is 3.49. The quantitative estimate of drug-likeness (QED) is 0.828. The van der Waals surface area contributed by atoms with E-state index in [2.05, 4.69) is 5.32 Å². The van der Waals surface area contributed by atoms with Gasteiger partial charge in [-0.1, -0.05) is 17.7 Å². The highest BCUT2D eigenvalue weighted by Gasteiger charge is 2.32. The van der Waals surface area contributed by atoms with Gasteiger partial charge in [0.2, 0.25) is 5.92 Å². The Labute approximate surface area is 129 Å². The van der Waals surface area contributed by atoms with E-state index in [1.807, 2.05) is 32.9 Å². The maximum absolute atomic E-state index is 13.6. The second kappa shape index (κ2) is 6.07. The maximum atomic E-state index is 13.6.